The van der Waals surface area contributed by atoms with Gasteiger partial charge in [-0.15, -0.1) is 0 Å². The van der Waals surface area contributed by atoms with Crippen LogP contribution in [-0.4, -0.2) is 16.3 Å². The zero-order valence-corrected chi connectivity index (χ0v) is 6.72. The molecule has 0 unspecified atom stereocenters. The molecule has 0 spiro atoms. The molecule has 0 amide bonds. The molecule has 0 aliphatic carbocycles. The molecule has 1 radical (unpaired) electrons. The summed E-state index contributed by atoms with van der Waals surface area (Å²) >= 11 is 5.83. The SMILES string of the molecule is O=[C]c1c[nH]c2c(Cl)ccnc12. The molecule has 0 bridgehead atoms. The van der Waals surface area contributed by atoms with Crippen LogP contribution in [0.1, 0.15) is 5.56 Å². The van der Waals surface area contributed by atoms with Crippen LogP contribution in [0.4, 0.5) is 0 Å². The molecule has 0 saturated carbocycles. The Balaban J connectivity index is 2.88. The molecule has 0 saturated heterocycles. The van der Waals surface area contributed by atoms with Crippen molar-refractivity contribution in [3.05, 3.63) is 29.0 Å². The van der Waals surface area contributed by atoms with Gasteiger partial charge in [-0.3, -0.25) is 9.78 Å². The minimum absolute atomic E-state index is 0.410. The molecular formula is C8H4ClN2O. The number of nitrogens with zero attached hydrogens (tertiary/aromatic N) is 1. The number of pyridine rings is 1. The van der Waals surface area contributed by atoms with Gasteiger partial charge in [-0.05, 0) is 6.07 Å². The molecule has 12 heavy (non-hydrogen) atoms. The quantitative estimate of drug-likeness (QED) is 0.724. The molecule has 3 nitrogen and oxygen atoms in total. The van der Waals surface area contributed by atoms with Gasteiger partial charge in [-0.25, -0.2) is 0 Å². The van der Waals surface area contributed by atoms with Gasteiger partial charge in [0.15, 0.2) is 0 Å². The maximum absolute atomic E-state index is 10.4. The molecule has 2 heterocycles. The van der Waals surface area contributed by atoms with Crippen LogP contribution in [-0.2, 0) is 4.79 Å². The van der Waals surface area contributed by atoms with Crippen molar-refractivity contribution in [3.8, 4) is 0 Å². The Labute approximate surface area is 73.4 Å². The van der Waals surface area contributed by atoms with Crippen LogP contribution in [0.15, 0.2) is 18.5 Å². The second-order valence-electron chi connectivity index (χ2n) is 2.32. The van der Waals surface area contributed by atoms with E-state index in [2.05, 4.69) is 9.97 Å². The first kappa shape index (κ1) is 7.31. The van der Waals surface area contributed by atoms with Crippen molar-refractivity contribution >= 4 is 28.9 Å². The van der Waals surface area contributed by atoms with Crippen LogP contribution < -0.4 is 0 Å². The van der Waals surface area contributed by atoms with Crippen LogP contribution in [0, 0.1) is 0 Å². The van der Waals surface area contributed by atoms with E-state index in [4.69, 9.17) is 11.6 Å². The summed E-state index contributed by atoms with van der Waals surface area (Å²) < 4.78 is 0. The van der Waals surface area contributed by atoms with Gasteiger partial charge in [0.25, 0.3) is 0 Å². The number of hydrogen-bond donors (Lipinski definition) is 1. The zero-order chi connectivity index (χ0) is 8.55. The fraction of sp³-hybridized carbons (Fsp3) is 0. The third kappa shape index (κ3) is 0.905. The second kappa shape index (κ2) is 2.60. The summed E-state index contributed by atoms with van der Waals surface area (Å²) in [7, 11) is 0. The predicted octanol–water partition coefficient (Wildman–Crippen LogP) is 1.67. The molecule has 0 atom stereocenters. The van der Waals surface area contributed by atoms with Gasteiger partial charge >= 0.3 is 0 Å². The number of aromatic amines is 1. The number of aromatic nitrogens is 2. The first-order valence-electron chi connectivity index (χ1n) is 3.32. The number of H-pyrrole nitrogens is 1. The van der Waals surface area contributed by atoms with Crippen LogP contribution in [0.2, 0.25) is 5.02 Å². The van der Waals surface area contributed by atoms with Gasteiger partial charge in [0.05, 0.1) is 16.1 Å². The van der Waals surface area contributed by atoms with Gasteiger partial charge in [-0.1, -0.05) is 11.6 Å². The third-order valence-electron chi connectivity index (χ3n) is 1.63. The molecule has 2 rings (SSSR count). The van der Waals surface area contributed by atoms with E-state index in [1.165, 1.54) is 6.20 Å². The van der Waals surface area contributed by atoms with Gasteiger partial charge in [0, 0.05) is 12.4 Å². The number of nitrogens with one attached hydrogen (secondary N) is 1. The number of carbonyl (C=O) groups excluding carboxylic acids is 1. The van der Waals surface area contributed by atoms with Crippen molar-refractivity contribution < 1.29 is 4.79 Å². The van der Waals surface area contributed by atoms with E-state index < -0.39 is 0 Å². The molecule has 4 heteroatoms. The first-order chi connectivity index (χ1) is 5.83. The van der Waals surface area contributed by atoms with E-state index in [-0.39, 0.29) is 0 Å². The summed E-state index contributed by atoms with van der Waals surface area (Å²) in [6.45, 7) is 0. The monoisotopic (exact) mass is 179 g/mol. The average Bonchev–Trinajstić information content (AvgIpc) is 2.49. The summed E-state index contributed by atoms with van der Waals surface area (Å²) in [5.41, 5.74) is 1.66. The highest BCUT2D eigenvalue weighted by Crippen LogP contribution is 2.21. The molecule has 0 fully saturated rings. The summed E-state index contributed by atoms with van der Waals surface area (Å²) in [5.74, 6) is 0. The number of rotatable bonds is 1. The Bertz CT molecular complexity index is 436. The van der Waals surface area contributed by atoms with E-state index in [1.54, 1.807) is 18.5 Å². The summed E-state index contributed by atoms with van der Waals surface area (Å²) in [5, 5.41) is 0.557. The summed E-state index contributed by atoms with van der Waals surface area (Å²) in [6.07, 6.45) is 4.87. The highest BCUT2D eigenvalue weighted by molar-refractivity contribution is 6.35. The molecule has 0 aliphatic rings. The Hall–Kier alpha value is -1.35. The lowest BCUT2D eigenvalue weighted by atomic mass is 10.3. The molecule has 0 aliphatic heterocycles. The highest BCUT2D eigenvalue weighted by Gasteiger charge is 2.06. The molecule has 2 aromatic rings. The standard InChI is InChI=1S/C8H4ClN2O/c9-6-1-2-10-7-5(4-12)3-11-8(6)7/h1-3,11H. The van der Waals surface area contributed by atoms with Crippen LogP contribution in [0.3, 0.4) is 0 Å². The zero-order valence-electron chi connectivity index (χ0n) is 5.97. The minimum Gasteiger partial charge on any atom is -0.358 e. The Kier molecular flexibility index (Phi) is 1.59. The predicted molar refractivity (Wildman–Crippen MR) is 45.9 cm³/mol. The van der Waals surface area contributed by atoms with Crippen molar-refractivity contribution in [2.45, 2.75) is 0 Å². The molecule has 1 N–H and O–H groups in total. The number of halogens is 1. The van der Waals surface area contributed by atoms with E-state index in [9.17, 15) is 4.79 Å². The van der Waals surface area contributed by atoms with Crippen LogP contribution in [0.5, 0.6) is 0 Å². The lowest BCUT2D eigenvalue weighted by molar-refractivity contribution is 0.563. The molecular weight excluding hydrogens is 176 g/mol. The summed E-state index contributed by atoms with van der Waals surface area (Å²) in [6, 6.07) is 1.66. The summed E-state index contributed by atoms with van der Waals surface area (Å²) in [4.78, 5) is 17.2. The fourth-order valence-corrected chi connectivity index (χ4v) is 1.27. The number of hydrogen-bond acceptors (Lipinski definition) is 2. The van der Waals surface area contributed by atoms with Crippen molar-refractivity contribution in [2.24, 2.45) is 0 Å². The smallest absolute Gasteiger partial charge is 0.237 e. The van der Waals surface area contributed by atoms with Crippen LogP contribution >= 0.6 is 11.6 Å². The van der Waals surface area contributed by atoms with Gasteiger partial charge in [0.2, 0.25) is 6.29 Å². The van der Waals surface area contributed by atoms with Gasteiger partial charge < -0.3 is 4.98 Å². The molecule has 2 aromatic heterocycles. The maximum atomic E-state index is 10.4. The van der Waals surface area contributed by atoms with Crippen molar-refractivity contribution in [3.63, 3.8) is 0 Å². The molecule has 0 aromatic carbocycles. The Morgan fingerprint density at radius 2 is 2.42 bits per heavy atom. The van der Waals surface area contributed by atoms with Gasteiger partial charge in [-0.2, -0.15) is 0 Å². The maximum Gasteiger partial charge on any atom is 0.237 e. The largest absolute Gasteiger partial charge is 0.358 e. The van der Waals surface area contributed by atoms with E-state index in [0.717, 1.165) is 0 Å². The lowest BCUT2D eigenvalue weighted by Gasteiger charge is -1.90. The highest BCUT2D eigenvalue weighted by atomic mass is 35.5. The van der Waals surface area contributed by atoms with Crippen molar-refractivity contribution in [1.29, 1.82) is 0 Å². The van der Waals surface area contributed by atoms with Gasteiger partial charge in [0.1, 0.15) is 5.52 Å². The van der Waals surface area contributed by atoms with Crippen molar-refractivity contribution in [1.82, 2.24) is 9.97 Å². The van der Waals surface area contributed by atoms with E-state index in [0.29, 0.717) is 21.6 Å². The third-order valence-corrected chi connectivity index (χ3v) is 1.94. The average molecular weight is 180 g/mol. The van der Waals surface area contributed by atoms with Crippen molar-refractivity contribution in [2.75, 3.05) is 0 Å². The van der Waals surface area contributed by atoms with E-state index in [1.807, 2.05) is 0 Å². The lowest BCUT2D eigenvalue weighted by Crippen LogP contribution is -1.79. The van der Waals surface area contributed by atoms with Crippen LogP contribution in [0.25, 0.3) is 11.0 Å². The second-order valence-corrected chi connectivity index (χ2v) is 2.73. The fourth-order valence-electron chi connectivity index (χ4n) is 1.07. The first-order valence-corrected chi connectivity index (χ1v) is 3.70. The minimum atomic E-state index is 0.410. The number of fused-ring (bicyclic) bond motifs is 1. The topological polar surface area (TPSA) is 45.8 Å². The van der Waals surface area contributed by atoms with E-state index >= 15 is 0 Å². The Morgan fingerprint density at radius 3 is 3.17 bits per heavy atom. The Morgan fingerprint density at radius 1 is 1.58 bits per heavy atom. The normalized spacial score (nSPS) is 10.4. The molecule has 59 valence electrons.